The van der Waals surface area contributed by atoms with E-state index in [0.29, 0.717) is 12.8 Å². The molecule has 3 nitrogen and oxygen atoms in total. The normalized spacial score (nSPS) is 14.7. The van der Waals surface area contributed by atoms with Crippen molar-refractivity contribution in [3.8, 4) is 0 Å². The third kappa shape index (κ3) is 5.86. The minimum absolute atomic E-state index is 0.0385. The molecule has 0 N–H and O–H groups in total. The SMILES string of the molecule is C=CCC(C=C)N(C(C=C)CC=C)C(C=C)OC(=O)C(C)C. The lowest BCUT2D eigenvalue weighted by molar-refractivity contribution is -0.161. The van der Waals surface area contributed by atoms with Gasteiger partial charge in [0.25, 0.3) is 0 Å². The molecule has 3 atom stereocenters. The monoisotopic (exact) mass is 303 g/mol. The fourth-order valence-electron chi connectivity index (χ4n) is 2.13. The average Bonchev–Trinajstić information content (AvgIpc) is 2.51. The second-order valence-corrected chi connectivity index (χ2v) is 5.32. The van der Waals surface area contributed by atoms with Crippen LogP contribution in [0.4, 0.5) is 0 Å². The third-order valence-corrected chi connectivity index (χ3v) is 3.33. The maximum Gasteiger partial charge on any atom is 0.310 e. The first-order valence-electron chi connectivity index (χ1n) is 7.54. The predicted molar refractivity (Wildman–Crippen MR) is 94.4 cm³/mol. The quantitative estimate of drug-likeness (QED) is 0.306. The van der Waals surface area contributed by atoms with Gasteiger partial charge in [0.2, 0.25) is 0 Å². The Morgan fingerprint density at radius 3 is 1.68 bits per heavy atom. The summed E-state index contributed by atoms with van der Waals surface area (Å²) in [6.45, 7) is 22.7. The molecule has 122 valence electrons. The van der Waals surface area contributed by atoms with Crippen LogP contribution in [-0.4, -0.2) is 29.2 Å². The maximum atomic E-state index is 12.0. The Balaban J connectivity index is 5.55. The van der Waals surface area contributed by atoms with Gasteiger partial charge in [0.15, 0.2) is 6.23 Å². The minimum atomic E-state index is -0.555. The second-order valence-electron chi connectivity index (χ2n) is 5.32. The molecule has 0 rings (SSSR count). The van der Waals surface area contributed by atoms with E-state index in [9.17, 15) is 4.79 Å². The molecule has 0 amide bonds. The van der Waals surface area contributed by atoms with E-state index in [1.54, 1.807) is 19.9 Å². The largest absolute Gasteiger partial charge is 0.442 e. The molecule has 0 bridgehead atoms. The molecule has 0 aromatic carbocycles. The number of hydrogen-bond acceptors (Lipinski definition) is 3. The molecular formula is C19H29NO2. The van der Waals surface area contributed by atoms with Gasteiger partial charge in [-0.2, -0.15) is 0 Å². The van der Waals surface area contributed by atoms with Crippen LogP contribution in [0.1, 0.15) is 26.7 Å². The van der Waals surface area contributed by atoms with Crippen LogP contribution >= 0.6 is 0 Å². The highest BCUT2D eigenvalue weighted by molar-refractivity contribution is 5.71. The van der Waals surface area contributed by atoms with Gasteiger partial charge in [-0.25, -0.2) is 0 Å². The maximum absolute atomic E-state index is 12.0. The van der Waals surface area contributed by atoms with E-state index in [1.165, 1.54) is 0 Å². The van der Waals surface area contributed by atoms with Gasteiger partial charge in [-0.05, 0) is 18.9 Å². The number of rotatable bonds is 12. The summed E-state index contributed by atoms with van der Waals surface area (Å²) in [6.07, 6.45) is 9.72. The predicted octanol–water partition coefficient (Wildman–Crippen LogP) is 4.26. The number of nitrogens with zero attached hydrogens (tertiary/aromatic N) is 1. The lowest BCUT2D eigenvalue weighted by Crippen LogP contribution is -2.49. The Morgan fingerprint density at radius 2 is 1.41 bits per heavy atom. The molecule has 0 spiro atoms. The number of carbonyl (C=O) groups excluding carboxylic acids is 1. The van der Waals surface area contributed by atoms with Crippen molar-refractivity contribution in [2.75, 3.05) is 0 Å². The van der Waals surface area contributed by atoms with E-state index in [2.05, 4.69) is 32.9 Å². The molecule has 0 aliphatic carbocycles. The number of esters is 1. The van der Waals surface area contributed by atoms with Crippen molar-refractivity contribution >= 4 is 5.97 Å². The fourth-order valence-corrected chi connectivity index (χ4v) is 2.13. The first-order valence-corrected chi connectivity index (χ1v) is 7.54. The van der Waals surface area contributed by atoms with Crippen LogP contribution < -0.4 is 0 Å². The van der Waals surface area contributed by atoms with Gasteiger partial charge in [0, 0.05) is 12.1 Å². The molecule has 0 aromatic heterocycles. The van der Waals surface area contributed by atoms with Gasteiger partial charge >= 0.3 is 5.97 Å². The molecule has 3 unspecified atom stereocenters. The van der Waals surface area contributed by atoms with Crippen molar-refractivity contribution in [2.45, 2.75) is 45.0 Å². The van der Waals surface area contributed by atoms with E-state index in [4.69, 9.17) is 4.74 Å². The van der Waals surface area contributed by atoms with E-state index < -0.39 is 6.23 Å². The zero-order valence-corrected chi connectivity index (χ0v) is 13.9. The van der Waals surface area contributed by atoms with Crippen molar-refractivity contribution in [3.05, 3.63) is 63.3 Å². The van der Waals surface area contributed by atoms with E-state index in [-0.39, 0.29) is 24.0 Å². The Bertz CT molecular complexity index is 390. The molecule has 0 aromatic rings. The van der Waals surface area contributed by atoms with E-state index in [1.807, 2.05) is 29.2 Å². The number of carbonyl (C=O) groups is 1. The second kappa shape index (κ2) is 10.8. The van der Waals surface area contributed by atoms with Crippen LogP contribution in [0.3, 0.4) is 0 Å². The molecule has 0 aliphatic rings. The fraction of sp³-hybridized carbons (Fsp3) is 0.421. The van der Waals surface area contributed by atoms with Gasteiger partial charge in [-0.3, -0.25) is 9.69 Å². The van der Waals surface area contributed by atoms with Crippen LogP contribution in [0, 0.1) is 5.92 Å². The topological polar surface area (TPSA) is 29.5 Å². The van der Waals surface area contributed by atoms with E-state index in [0.717, 1.165) is 0 Å². The van der Waals surface area contributed by atoms with Crippen molar-refractivity contribution in [2.24, 2.45) is 5.92 Å². The lowest BCUT2D eigenvalue weighted by atomic mass is 10.1. The van der Waals surface area contributed by atoms with E-state index >= 15 is 0 Å². The molecule has 22 heavy (non-hydrogen) atoms. The van der Waals surface area contributed by atoms with Crippen molar-refractivity contribution in [3.63, 3.8) is 0 Å². The standard InChI is InChI=1S/C19H29NO2/c1-8-13-16(10-3)20(17(11-4)14-9-2)18(12-5)22-19(21)15(6)7/h8-12,15-18H,1-5,13-14H2,6-7H3. The molecular weight excluding hydrogens is 274 g/mol. The van der Waals surface area contributed by atoms with Crippen molar-refractivity contribution in [1.29, 1.82) is 0 Å². The van der Waals surface area contributed by atoms with Crippen molar-refractivity contribution in [1.82, 2.24) is 4.90 Å². The van der Waals surface area contributed by atoms with Gasteiger partial charge < -0.3 is 4.74 Å². The first kappa shape index (κ1) is 20.1. The molecule has 0 heterocycles. The van der Waals surface area contributed by atoms with Crippen LogP contribution in [0.5, 0.6) is 0 Å². The zero-order chi connectivity index (χ0) is 17.1. The van der Waals surface area contributed by atoms with Crippen molar-refractivity contribution < 1.29 is 9.53 Å². The van der Waals surface area contributed by atoms with Crippen LogP contribution in [-0.2, 0) is 9.53 Å². The van der Waals surface area contributed by atoms with Crippen LogP contribution in [0.2, 0.25) is 0 Å². The highest BCUT2D eigenvalue weighted by atomic mass is 16.6. The third-order valence-electron chi connectivity index (χ3n) is 3.33. The van der Waals surface area contributed by atoms with Gasteiger partial charge in [0.05, 0.1) is 5.92 Å². The Morgan fingerprint density at radius 1 is 0.955 bits per heavy atom. The van der Waals surface area contributed by atoms with Crippen LogP contribution in [0.15, 0.2) is 63.3 Å². The molecule has 0 saturated carbocycles. The van der Waals surface area contributed by atoms with Gasteiger partial charge in [0.1, 0.15) is 0 Å². The molecule has 0 saturated heterocycles. The molecule has 0 radical (unpaired) electrons. The lowest BCUT2D eigenvalue weighted by Gasteiger charge is -2.39. The molecule has 0 fully saturated rings. The Kier molecular flexibility index (Phi) is 9.88. The highest BCUT2D eigenvalue weighted by Gasteiger charge is 2.30. The Labute approximate surface area is 135 Å². The summed E-state index contributed by atoms with van der Waals surface area (Å²) in [6, 6.07) is -0.0770. The van der Waals surface area contributed by atoms with Crippen LogP contribution in [0.25, 0.3) is 0 Å². The summed E-state index contributed by atoms with van der Waals surface area (Å²) in [5.74, 6) is -0.467. The molecule has 3 heteroatoms. The summed E-state index contributed by atoms with van der Waals surface area (Å²) in [5.41, 5.74) is 0. The van der Waals surface area contributed by atoms with Gasteiger partial charge in [-0.15, -0.1) is 26.3 Å². The number of ether oxygens (including phenoxy) is 1. The Hall–Kier alpha value is -1.87. The average molecular weight is 303 g/mol. The summed E-state index contributed by atoms with van der Waals surface area (Å²) >= 11 is 0. The first-order chi connectivity index (χ1) is 10.5. The summed E-state index contributed by atoms with van der Waals surface area (Å²) < 4.78 is 5.59. The summed E-state index contributed by atoms with van der Waals surface area (Å²) in [5, 5.41) is 0. The zero-order valence-electron chi connectivity index (χ0n) is 13.9. The van der Waals surface area contributed by atoms with Gasteiger partial charge in [-0.1, -0.05) is 44.7 Å². The summed E-state index contributed by atoms with van der Waals surface area (Å²) in [7, 11) is 0. The number of hydrogen-bond donors (Lipinski definition) is 0. The minimum Gasteiger partial charge on any atom is -0.442 e. The smallest absolute Gasteiger partial charge is 0.310 e. The summed E-state index contributed by atoms with van der Waals surface area (Å²) in [4.78, 5) is 14.0. The highest BCUT2D eigenvalue weighted by Crippen LogP contribution is 2.21. The molecule has 0 aliphatic heterocycles.